The largest absolute Gasteiger partial charge is 0.479 e. The fraction of sp³-hybridized carbons (Fsp3) is 0.500. The normalized spacial score (nSPS) is 17.2. The van der Waals surface area contributed by atoms with Crippen LogP contribution in [0.4, 0.5) is 4.39 Å². The van der Waals surface area contributed by atoms with Gasteiger partial charge in [-0.25, -0.2) is 14.1 Å². The highest BCUT2D eigenvalue weighted by Crippen LogP contribution is 2.35. The molecule has 1 atom stereocenters. The summed E-state index contributed by atoms with van der Waals surface area (Å²) in [5, 5.41) is 4.96. The molecular formula is C28H34FN5O3. The van der Waals surface area contributed by atoms with Gasteiger partial charge in [0.1, 0.15) is 0 Å². The van der Waals surface area contributed by atoms with Gasteiger partial charge in [0.05, 0.1) is 43.6 Å². The highest BCUT2D eigenvalue weighted by atomic mass is 19.1. The minimum Gasteiger partial charge on any atom is -0.479 e. The molecule has 1 unspecified atom stereocenters. The van der Waals surface area contributed by atoms with Gasteiger partial charge >= 0.3 is 0 Å². The molecule has 8 nitrogen and oxygen atoms in total. The molecule has 3 aromatic heterocycles. The molecule has 37 heavy (non-hydrogen) atoms. The van der Waals surface area contributed by atoms with Gasteiger partial charge in [0, 0.05) is 60.9 Å². The lowest BCUT2D eigenvalue weighted by Gasteiger charge is -2.34. The van der Waals surface area contributed by atoms with E-state index in [0.29, 0.717) is 37.7 Å². The third-order valence-electron chi connectivity index (χ3n) is 7.72. The Labute approximate surface area is 216 Å². The van der Waals surface area contributed by atoms with Gasteiger partial charge < -0.3 is 14.4 Å². The van der Waals surface area contributed by atoms with Crippen LogP contribution in [0.2, 0.25) is 0 Å². The number of pyridine rings is 2. The van der Waals surface area contributed by atoms with Gasteiger partial charge in [-0.3, -0.25) is 9.78 Å². The monoisotopic (exact) mass is 507 g/mol. The highest BCUT2D eigenvalue weighted by molar-refractivity contribution is 5.75. The first kappa shape index (κ1) is 25.3. The Kier molecular flexibility index (Phi) is 7.50. The van der Waals surface area contributed by atoms with Crippen molar-refractivity contribution < 1.29 is 18.7 Å². The van der Waals surface area contributed by atoms with Crippen molar-refractivity contribution in [3.05, 3.63) is 53.4 Å². The molecule has 0 saturated carbocycles. The van der Waals surface area contributed by atoms with Crippen LogP contribution >= 0.6 is 0 Å². The van der Waals surface area contributed by atoms with Gasteiger partial charge in [-0.2, -0.15) is 5.10 Å². The lowest BCUT2D eigenvalue weighted by Crippen LogP contribution is -2.39. The molecule has 9 heteroatoms. The van der Waals surface area contributed by atoms with Crippen LogP contribution in [-0.2, 0) is 22.4 Å². The van der Waals surface area contributed by atoms with Crippen LogP contribution in [-0.4, -0.2) is 64.0 Å². The van der Waals surface area contributed by atoms with E-state index >= 15 is 0 Å². The number of hydrogen-bond donors (Lipinski definition) is 0. The van der Waals surface area contributed by atoms with Gasteiger partial charge in [0.25, 0.3) is 0 Å². The average Bonchev–Trinajstić information content (AvgIpc) is 3.12. The van der Waals surface area contributed by atoms with E-state index in [4.69, 9.17) is 19.6 Å². The predicted molar refractivity (Wildman–Crippen MR) is 137 cm³/mol. The summed E-state index contributed by atoms with van der Waals surface area (Å²) in [4.78, 5) is 22.9. The quantitative estimate of drug-likeness (QED) is 0.494. The minimum atomic E-state index is -0.526. The summed E-state index contributed by atoms with van der Waals surface area (Å²) >= 11 is 0. The van der Waals surface area contributed by atoms with Crippen molar-refractivity contribution in [1.82, 2.24) is 24.6 Å². The van der Waals surface area contributed by atoms with Crippen molar-refractivity contribution in [3.63, 3.8) is 0 Å². The number of methoxy groups -OCH3 is 1. The third-order valence-corrected chi connectivity index (χ3v) is 7.72. The van der Waals surface area contributed by atoms with Crippen LogP contribution in [0.3, 0.4) is 0 Å². The topological polar surface area (TPSA) is 82.4 Å². The van der Waals surface area contributed by atoms with Gasteiger partial charge in [-0.05, 0) is 37.3 Å². The molecule has 0 radical (unpaired) electrons. The predicted octanol–water partition coefficient (Wildman–Crippen LogP) is 4.34. The van der Waals surface area contributed by atoms with Crippen LogP contribution in [0.1, 0.15) is 56.0 Å². The molecule has 196 valence electrons. The van der Waals surface area contributed by atoms with Crippen LogP contribution in [0.15, 0.2) is 30.6 Å². The molecule has 0 spiro atoms. The molecule has 1 saturated heterocycles. The standard InChI is InChI=1S/C28H34FN5O3/c1-4-26(35)33-11-6-19(7-12-33)18(2)24-15-20(5-10-30-24)27-22-8-13-37-14-9-25(22)34(32-27)21-16-23(29)28(36-3)31-17-21/h5,10,15-19H,4,6-9,11-14H2,1-3H3. The maximum atomic E-state index is 14.5. The van der Waals surface area contributed by atoms with E-state index in [1.807, 2.05) is 24.1 Å². The number of carbonyl (C=O) groups is 1. The van der Waals surface area contributed by atoms with E-state index in [1.54, 1.807) is 10.9 Å². The summed E-state index contributed by atoms with van der Waals surface area (Å²) in [7, 11) is 1.40. The number of piperidine rings is 1. The van der Waals surface area contributed by atoms with Crippen molar-refractivity contribution in [2.24, 2.45) is 5.92 Å². The number of hydrogen-bond acceptors (Lipinski definition) is 6. The third kappa shape index (κ3) is 5.09. The molecule has 2 aliphatic rings. The fourth-order valence-corrected chi connectivity index (χ4v) is 5.54. The summed E-state index contributed by atoms with van der Waals surface area (Å²) in [5.41, 5.74) is 5.58. The molecule has 5 rings (SSSR count). The molecule has 1 amide bonds. The van der Waals surface area contributed by atoms with E-state index in [-0.39, 0.29) is 17.7 Å². The second kappa shape index (κ2) is 11.0. The number of nitrogens with zero attached hydrogens (tertiary/aromatic N) is 5. The Balaban J connectivity index is 1.46. The molecule has 0 N–H and O–H groups in total. The second-order valence-electron chi connectivity index (χ2n) is 9.81. The Morgan fingerprint density at radius 3 is 2.73 bits per heavy atom. The molecule has 1 fully saturated rings. The van der Waals surface area contributed by atoms with E-state index < -0.39 is 5.82 Å². The van der Waals surface area contributed by atoms with Gasteiger partial charge in [-0.15, -0.1) is 0 Å². The number of rotatable bonds is 6. The number of ether oxygens (including phenoxy) is 2. The molecular weight excluding hydrogens is 473 g/mol. The van der Waals surface area contributed by atoms with E-state index in [0.717, 1.165) is 60.6 Å². The van der Waals surface area contributed by atoms with E-state index in [2.05, 4.69) is 18.0 Å². The molecule has 3 aromatic rings. The van der Waals surface area contributed by atoms with Gasteiger partial charge in [0.2, 0.25) is 11.8 Å². The van der Waals surface area contributed by atoms with Crippen LogP contribution in [0, 0.1) is 11.7 Å². The molecule has 0 bridgehead atoms. The SMILES string of the molecule is CCC(=O)N1CCC(C(C)c2cc(-c3nn(-c4cnc(OC)c(F)c4)c4c3CCOCC4)ccn2)CC1. The Hall–Kier alpha value is -3.33. The molecule has 0 aromatic carbocycles. The number of carbonyl (C=O) groups excluding carboxylic acids is 1. The maximum absolute atomic E-state index is 14.5. The van der Waals surface area contributed by atoms with Crippen molar-refractivity contribution in [2.75, 3.05) is 33.4 Å². The molecule has 2 aliphatic heterocycles. The Morgan fingerprint density at radius 1 is 1.22 bits per heavy atom. The number of aromatic nitrogens is 4. The maximum Gasteiger partial charge on any atom is 0.250 e. The van der Waals surface area contributed by atoms with Crippen molar-refractivity contribution in [3.8, 4) is 22.8 Å². The highest BCUT2D eigenvalue weighted by Gasteiger charge is 2.28. The number of halogens is 1. The van der Waals surface area contributed by atoms with Crippen LogP contribution in [0.25, 0.3) is 16.9 Å². The minimum absolute atomic E-state index is 0.0387. The lowest BCUT2D eigenvalue weighted by molar-refractivity contribution is -0.132. The average molecular weight is 508 g/mol. The first-order chi connectivity index (χ1) is 18.0. The van der Waals surface area contributed by atoms with Crippen molar-refractivity contribution in [1.29, 1.82) is 0 Å². The van der Waals surface area contributed by atoms with Crippen molar-refractivity contribution in [2.45, 2.75) is 51.9 Å². The summed E-state index contributed by atoms with van der Waals surface area (Å²) in [6.45, 7) is 6.97. The van der Waals surface area contributed by atoms with E-state index in [9.17, 15) is 9.18 Å². The zero-order valence-electron chi connectivity index (χ0n) is 21.7. The summed E-state index contributed by atoms with van der Waals surface area (Å²) in [6, 6.07) is 5.54. The van der Waals surface area contributed by atoms with Gasteiger partial charge in [-0.1, -0.05) is 13.8 Å². The zero-order chi connectivity index (χ0) is 25.9. The first-order valence-corrected chi connectivity index (χ1v) is 13.1. The number of amides is 1. The summed E-state index contributed by atoms with van der Waals surface area (Å²) in [5.74, 6) is 0.409. The Bertz CT molecular complexity index is 1270. The number of likely N-dealkylation sites (tertiary alicyclic amines) is 1. The molecule has 5 heterocycles. The Morgan fingerprint density at radius 2 is 2.00 bits per heavy atom. The molecule has 0 aliphatic carbocycles. The first-order valence-electron chi connectivity index (χ1n) is 13.1. The zero-order valence-corrected chi connectivity index (χ0v) is 21.7. The van der Waals surface area contributed by atoms with E-state index in [1.165, 1.54) is 13.2 Å². The second-order valence-corrected chi connectivity index (χ2v) is 9.81. The van der Waals surface area contributed by atoms with Gasteiger partial charge in [0.15, 0.2) is 5.82 Å². The lowest BCUT2D eigenvalue weighted by atomic mass is 9.83. The summed E-state index contributed by atoms with van der Waals surface area (Å²) < 4.78 is 27.0. The van der Waals surface area contributed by atoms with Crippen molar-refractivity contribution >= 4 is 5.91 Å². The number of fused-ring (bicyclic) bond motifs is 1. The fourth-order valence-electron chi connectivity index (χ4n) is 5.54. The summed E-state index contributed by atoms with van der Waals surface area (Å²) in [6.07, 6.45) is 7.37. The van der Waals surface area contributed by atoms with Crippen LogP contribution < -0.4 is 4.74 Å². The van der Waals surface area contributed by atoms with Crippen LogP contribution in [0.5, 0.6) is 5.88 Å². The smallest absolute Gasteiger partial charge is 0.250 e.